The van der Waals surface area contributed by atoms with Crippen LogP contribution in [0, 0.1) is 0 Å². The summed E-state index contributed by atoms with van der Waals surface area (Å²) in [5.41, 5.74) is 1.63. The Bertz CT molecular complexity index is 1100. The molecule has 2 aromatic heterocycles. The van der Waals surface area contributed by atoms with Crippen LogP contribution in [0.2, 0.25) is 0 Å². The lowest BCUT2D eigenvalue weighted by atomic mass is 9.93. The molecule has 0 spiro atoms. The Labute approximate surface area is 183 Å². The maximum atomic E-state index is 12.1. The highest BCUT2D eigenvalue weighted by Crippen LogP contribution is 2.32. The molecule has 2 fully saturated rings. The van der Waals surface area contributed by atoms with Crippen molar-refractivity contribution in [1.82, 2.24) is 9.97 Å². The number of amides is 1. The van der Waals surface area contributed by atoms with Gasteiger partial charge in [0.25, 0.3) is 0 Å². The highest BCUT2D eigenvalue weighted by Gasteiger charge is 2.29. The van der Waals surface area contributed by atoms with E-state index < -0.39 is 6.10 Å². The second-order valence-corrected chi connectivity index (χ2v) is 9.25. The number of anilines is 4. The number of pyridine rings is 1. The molecular formula is C22H25N5O3S. The normalized spacial score (nSPS) is 24.0. The van der Waals surface area contributed by atoms with Crippen LogP contribution in [0.5, 0.6) is 0 Å². The number of benzene rings is 1. The van der Waals surface area contributed by atoms with Gasteiger partial charge in [-0.2, -0.15) is 0 Å². The maximum absolute atomic E-state index is 12.1. The van der Waals surface area contributed by atoms with Crippen LogP contribution in [0.4, 0.5) is 22.5 Å². The van der Waals surface area contributed by atoms with Gasteiger partial charge in [0.05, 0.1) is 35.4 Å². The first-order chi connectivity index (χ1) is 15.0. The quantitative estimate of drug-likeness (QED) is 0.483. The molecule has 5 rings (SSSR count). The molecule has 1 saturated heterocycles. The van der Waals surface area contributed by atoms with Gasteiger partial charge in [0.15, 0.2) is 5.13 Å². The van der Waals surface area contributed by atoms with Gasteiger partial charge in [0, 0.05) is 11.7 Å². The third-order valence-electron chi connectivity index (χ3n) is 5.82. The summed E-state index contributed by atoms with van der Waals surface area (Å²) in [6.45, 7) is 0.331. The molecule has 2 aliphatic rings. The Morgan fingerprint density at radius 2 is 1.81 bits per heavy atom. The number of rotatable bonds is 5. The van der Waals surface area contributed by atoms with Gasteiger partial charge >= 0.3 is 0 Å². The van der Waals surface area contributed by atoms with Crippen molar-refractivity contribution in [3.63, 3.8) is 0 Å². The van der Waals surface area contributed by atoms with Crippen molar-refractivity contribution in [2.45, 2.75) is 50.4 Å². The monoisotopic (exact) mass is 439 g/mol. The summed E-state index contributed by atoms with van der Waals surface area (Å²) in [7, 11) is 0. The molecule has 0 unspecified atom stereocenters. The second-order valence-electron chi connectivity index (χ2n) is 8.22. The lowest BCUT2D eigenvalue weighted by Gasteiger charge is -2.26. The van der Waals surface area contributed by atoms with Crippen molar-refractivity contribution in [3.8, 4) is 0 Å². The highest BCUT2D eigenvalue weighted by molar-refractivity contribution is 7.22. The molecule has 1 amide bonds. The number of hydrogen-bond donors (Lipinski definition) is 4. The largest absolute Gasteiger partial charge is 0.393 e. The first kappa shape index (κ1) is 20.2. The van der Waals surface area contributed by atoms with Gasteiger partial charge in [0.2, 0.25) is 5.91 Å². The van der Waals surface area contributed by atoms with E-state index in [4.69, 9.17) is 0 Å². The molecule has 9 heteroatoms. The average Bonchev–Trinajstić information content (AvgIpc) is 3.30. The summed E-state index contributed by atoms with van der Waals surface area (Å²) >= 11 is 1.50. The van der Waals surface area contributed by atoms with Crippen LogP contribution in [-0.4, -0.2) is 50.9 Å². The lowest BCUT2D eigenvalue weighted by Crippen LogP contribution is -2.28. The third-order valence-corrected chi connectivity index (χ3v) is 6.75. The van der Waals surface area contributed by atoms with Crippen molar-refractivity contribution in [2.24, 2.45) is 0 Å². The van der Waals surface area contributed by atoms with Crippen LogP contribution >= 0.6 is 11.3 Å². The zero-order chi connectivity index (χ0) is 21.4. The van der Waals surface area contributed by atoms with E-state index in [-0.39, 0.29) is 18.4 Å². The fraction of sp³-hybridized carbons (Fsp3) is 0.409. The molecule has 1 aromatic carbocycles. The molecule has 1 aliphatic heterocycles. The second kappa shape index (κ2) is 8.41. The van der Waals surface area contributed by atoms with Crippen LogP contribution in [0.3, 0.4) is 0 Å². The number of thiazole rings is 1. The molecule has 3 aromatic rings. The van der Waals surface area contributed by atoms with Crippen LogP contribution < -0.4 is 15.5 Å². The van der Waals surface area contributed by atoms with Gasteiger partial charge in [0.1, 0.15) is 11.6 Å². The number of aromatic nitrogens is 2. The molecule has 3 heterocycles. The predicted octanol–water partition coefficient (Wildman–Crippen LogP) is 3.25. The van der Waals surface area contributed by atoms with Crippen LogP contribution in [0.15, 0.2) is 36.4 Å². The zero-order valence-electron chi connectivity index (χ0n) is 17.0. The molecule has 8 nitrogen and oxygen atoms in total. The van der Waals surface area contributed by atoms with Gasteiger partial charge in [-0.3, -0.25) is 4.79 Å². The Kier molecular flexibility index (Phi) is 5.47. The lowest BCUT2D eigenvalue weighted by molar-refractivity contribution is -0.117. The summed E-state index contributed by atoms with van der Waals surface area (Å²) in [5, 5.41) is 26.9. The summed E-state index contributed by atoms with van der Waals surface area (Å²) in [6.07, 6.45) is 2.93. The zero-order valence-corrected chi connectivity index (χ0v) is 17.8. The molecule has 4 N–H and O–H groups in total. The summed E-state index contributed by atoms with van der Waals surface area (Å²) < 4.78 is 0.962. The number of β-amino-alcohol motifs (C(OH)–C–C–N with tert-alkyl or cyclic N) is 1. The molecule has 1 atom stereocenters. The van der Waals surface area contributed by atoms with E-state index in [1.54, 1.807) is 4.90 Å². The van der Waals surface area contributed by atoms with Crippen LogP contribution in [0.25, 0.3) is 10.2 Å². The average molecular weight is 440 g/mol. The van der Waals surface area contributed by atoms with Crippen LogP contribution in [-0.2, 0) is 4.79 Å². The van der Waals surface area contributed by atoms with Crippen molar-refractivity contribution in [2.75, 3.05) is 22.1 Å². The topological polar surface area (TPSA) is 111 Å². The Morgan fingerprint density at radius 3 is 2.58 bits per heavy atom. The number of aliphatic hydroxyl groups excluding tert-OH is 2. The fourth-order valence-corrected chi connectivity index (χ4v) is 5.10. The molecule has 31 heavy (non-hydrogen) atoms. The molecule has 1 saturated carbocycles. The Hall–Kier alpha value is -2.75. The van der Waals surface area contributed by atoms with E-state index in [9.17, 15) is 15.0 Å². The summed E-state index contributed by atoms with van der Waals surface area (Å²) in [5.74, 6) is 1.45. The fourth-order valence-electron chi connectivity index (χ4n) is 4.20. The molecule has 0 bridgehead atoms. The number of carbonyl (C=O) groups excluding carboxylic acids is 1. The molecule has 162 valence electrons. The minimum absolute atomic E-state index is 0.0595. The third kappa shape index (κ3) is 4.48. The van der Waals surface area contributed by atoms with Crippen molar-refractivity contribution in [1.29, 1.82) is 0 Å². The van der Waals surface area contributed by atoms with Crippen molar-refractivity contribution >= 4 is 49.9 Å². The van der Waals surface area contributed by atoms with Crippen molar-refractivity contribution < 1.29 is 15.0 Å². The number of nitrogens with one attached hydrogen (secondary N) is 2. The minimum atomic E-state index is -0.604. The number of hydrogen-bond acceptors (Lipinski definition) is 8. The summed E-state index contributed by atoms with van der Waals surface area (Å²) in [4.78, 5) is 23.0. The van der Waals surface area contributed by atoms with Gasteiger partial charge in [-0.25, -0.2) is 9.97 Å². The molecule has 0 radical (unpaired) electrons. The minimum Gasteiger partial charge on any atom is -0.393 e. The smallest absolute Gasteiger partial charge is 0.229 e. The van der Waals surface area contributed by atoms with E-state index in [1.165, 1.54) is 11.3 Å². The number of fused-ring (bicyclic) bond motifs is 1. The predicted molar refractivity (Wildman–Crippen MR) is 122 cm³/mol. The summed E-state index contributed by atoms with van der Waals surface area (Å²) in [6, 6.07) is 11.8. The van der Waals surface area contributed by atoms with E-state index in [2.05, 4.69) is 20.6 Å². The number of carbonyl (C=O) groups is 1. The SMILES string of the molecule is O=C1C[C@H](O)CN1c1ccc2nc(Nc3cccc(N[C@H]4CC[C@H](O)CC4)n3)sc2c1. The van der Waals surface area contributed by atoms with E-state index in [0.717, 1.165) is 52.5 Å². The Balaban J connectivity index is 1.30. The van der Waals surface area contributed by atoms with Crippen LogP contribution in [0.1, 0.15) is 32.1 Å². The first-order valence-electron chi connectivity index (χ1n) is 10.6. The van der Waals surface area contributed by atoms with E-state index >= 15 is 0 Å². The maximum Gasteiger partial charge on any atom is 0.229 e. The molecule has 1 aliphatic carbocycles. The van der Waals surface area contributed by atoms with Gasteiger partial charge in [-0.1, -0.05) is 17.4 Å². The van der Waals surface area contributed by atoms with Gasteiger partial charge in [-0.05, 0) is 56.0 Å². The Morgan fingerprint density at radius 1 is 1.00 bits per heavy atom. The first-order valence-corrected chi connectivity index (χ1v) is 11.4. The van der Waals surface area contributed by atoms with Gasteiger partial charge < -0.3 is 25.7 Å². The van der Waals surface area contributed by atoms with E-state index in [1.807, 2.05) is 36.4 Å². The van der Waals surface area contributed by atoms with Crippen molar-refractivity contribution in [3.05, 3.63) is 36.4 Å². The number of aliphatic hydroxyl groups is 2. The highest BCUT2D eigenvalue weighted by atomic mass is 32.1. The standard InChI is InChI=1S/C22H25N5O3S/c28-15-7-4-13(5-8-15)23-19-2-1-3-20(25-19)26-22-24-17-9-6-14(10-18(17)31-22)27-12-16(29)11-21(27)30/h1-3,6,9-10,13,15-16,28-29H,4-5,7-8,11-12H2,(H2,23,24,25,26)/t13-,15-,16-/m0/s1. The number of nitrogens with zero attached hydrogens (tertiary/aromatic N) is 3. The van der Waals surface area contributed by atoms with Gasteiger partial charge in [-0.15, -0.1) is 0 Å². The van der Waals surface area contributed by atoms with E-state index in [0.29, 0.717) is 18.4 Å². The molecular weight excluding hydrogens is 414 g/mol.